The van der Waals surface area contributed by atoms with Crippen molar-refractivity contribution in [3.63, 3.8) is 0 Å². The summed E-state index contributed by atoms with van der Waals surface area (Å²) in [6, 6.07) is 26.5. The SMILES string of the molecule is CC[N+](C)=C1C=CC(=C(c2ccc(N(C)C)cc2)c2ccc(N(C)C)cc2)c2ccccc21. The first-order valence-electron chi connectivity index (χ1n) is 11.6. The van der Waals surface area contributed by atoms with Gasteiger partial charge in [0.2, 0.25) is 5.71 Å². The molecule has 0 aromatic heterocycles. The predicted molar refractivity (Wildman–Crippen MR) is 144 cm³/mol. The summed E-state index contributed by atoms with van der Waals surface area (Å²) in [7, 11) is 10.5. The van der Waals surface area contributed by atoms with Crippen LogP contribution in [0.3, 0.4) is 0 Å². The van der Waals surface area contributed by atoms with Crippen LogP contribution in [0.1, 0.15) is 29.2 Å². The number of hydrogen-bond acceptors (Lipinski definition) is 2. The van der Waals surface area contributed by atoms with E-state index in [2.05, 4.69) is 141 Å². The fraction of sp³-hybridized carbons (Fsp3) is 0.233. The smallest absolute Gasteiger partial charge is 0.207 e. The van der Waals surface area contributed by atoms with Crippen LogP contribution in [0.5, 0.6) is 0 Å². The van der Waals surface area contributed by atoms with Crippen LogP contribution in [0.15, 0.2) is 84.9 Å². The Morgan fingerprint density at radius 1 is 0.667 bits per heavy atom. The highest BCUT2D eigenvalue weighted by Gasteiger charge is 2.23. The highest BCUT2D eigenvalue weighted by molar-refractivity contribution is 6.17. The molecular weight excluding hydrogens is 402 g/mol. The zero-order valence-corrected chi connectivity index (χ0v) is 20.6. The number of anilines is 2. The van der Waals surface area contributed by atoms with Gasteiger partial charge in [-0.05, 0) is 71.2 Å². The number of allylic oxidation sites excluding steroid dienone is 3. The standard InChI is InChI=1S/C30H34N3/c1-7-33(6)29-21-20-28(26-10-8-9-11-27(26)29)30(22-12-16-24(17-13-22)31(2)3)23-14-18-25(19-15-23)32(4)5/h8-21H,7H2,1-6H3/q+1. The van der Waals surface area contributed by atoms with Gasteiger partial charge in [0.25, 0.3) is 0 Å². The van der Waals surface area contributed by atoms with E-state index in [1.165, 1.54) is 50.5 Å². The van der Waals surface area contributed by atoms with Gasteiger partial charge in [-0.25, -0.2) is 4.58 Å². The van der Waals surface area contributed by atoms with E-state index in [0.29, 0.717) is 0 Å². The molecule has 0 saturated carbocycles. The van der Waals surface area contributed by atoms with Crippen LogP contribution in [-0.4, -0.2) is 52.1 Å². The number of benzene rings is 3. The molecule has 168 valence electrons. The lowest BCUT2D eigenvalue weighted by molar-refractivity contribution is -0.492. The van der Waals surface area contributed by atoms with Crippen molar-refractivity contribution in [2.75, 3.05) is 51.6 Å². The van der Waals surface area contributed by atoms with Crippen molar-refractivity contribution < 1.29 is 4.58 Å². The molecule has 3 aromatic carbocycles. The maximum atomic E-state index is 2.31. The lowest BCUT2D eigenvalue weighted by Gasteiger charge is -2.21. The minimum atomic E-state index is 0.970. The van der Waals surface area contributed by atoms with Crippen molar-refractivity contribution in [3.05, 3.63) is 107 Å². The van der Waals surface area contributed by atoms with Crippen molar-refractivity contribution in [3.8, 4) is 0 Å². The predicted octanol–water partition coefficient (Wildman–Crippen LogP) is 5.80. The Morgan fingerprint density at radius 2 is 1.15 bits per heavy atom. The molecule has 1 aliphatic rings. The second kappa shape index (κ2) is 9.50. The highest BCUT2D eigenvalue weighted by Crippen LogP contribution is 2.38. The van der Waals surface area contributed by atoms with Crippen LogP contribution >= 0.6 is 0 Å². The van der Waals surface area contributed by atoms with Crippen LogP contribution in [0.2, 0.25) is 0 Å². The lowest BCUT2D eigenvalue weighted by Crippen LogP contribution is -2.20. The molecule has 0 bridgehead atoms. The van der Waals surface area contributed by atoms with Gasteiger partial charge in [-0.15, -0.1) is 0 Å². The molecule has 0 saturated heterocycles. The summed E-state index contributed by atoms with van der Waals surface area (Å²) < 4.78 is 2.31. The molecule has 0 heterocycles. The van der Waals surface area contributed by atoms with Gasteiger partial charge in [-0.3, -0.25) is 0 Å². The summed E-state index contributed by atoms with van der Waals surface area (Å²) in [6.07, 6.45) is 4.56. The first kappa shape index (κ1) is 22.6. The number of rotatable bonds is 5. The molecular formula is C30H34N3+. The molecule has 33 heavy (non-hydrogen) atoms. The molecule has 0 radical (unpaired) electrons. The molecule has 0 N–H and O–H groups in total. The third-order valence-electron chi connectivity index (χ3n) is 6.40. The summed E-state index contributed by atoms with van der Waals surface area (Å²) in [5.74, 6) is 0. The summed E-state index contributed by atoms with van der Waals surface area (Å²) >= 11 is 0. The molecule has 3 aromatic rings. The molecule has 0 aliphatic heterocycles. The Hall–Kier alpha value is -3.59. The topological polar surface area (TPSA) is 9.49 Å². The van der Waals surface area contributed by atoms with Gasteiger partial charge in [0, 0.05) is 45.6 Å². The van der Waals surface area contributed by atoms with Crippen molar-refractivity contribution in [2.45, 2.75) is 6.92 Å². The van der Waals surface area contributed by atoms with Gasteiger partial charge >= 0.3 is 0 Å². The fourth-order valence-corrected chi connectivity index (χ4v) is 4.33. The molecule has 3 nitrogen and oxygen atoms in total. The molecule has 0 fully saturated rings. The highest BCUT2D eigenvalue weighted by atomic mass is 15.1. The second-order valence-electron chi connectivity index (χ2n) is 8.95. The molecule has 0 amide bonds. The van der Waals surface area contributed by atoms with E-state index >= 15 is 0 Å². The third-order valence-corrected chi connectivity index (χ3v) is 6.40. The quantitative estimate of drug-likeness (QED) is 0.468. The Bertz CT molecular complexity index is 1170. The van der Waals surface area contributed by atoms with Gasteiger partial charge in [0.1, 0.15) is 13.6 Å². The third kappa shape index (κ3) is 4.49. The van der Waals surface area contributed by atoms with Crippen LogP contribution in [0, 0.1) is 0 Å². The van der Waals surface area contributed by atoms with Crippen LogP contribution < -0.4 is 9.80 Å². The number of hydrogen-bond donors (Lipinski definition) is 0. The molecule has 0 atom stereocenters. The number of nitrogens with zero attached hydrogens (tertiary/aromatic N) is 3. The summed E-state index contributed by atoms with van der Waals surface area (Å²) in [4.78, 5) is 4.28. The van der Waals surface area contributed by atoms with E-state index in [1.807, 2.05) is 0 Å². The summed E-state index contributed by atoms with van der Waals surface area (Å²) in [5, 5.41) is 0. The van der Waals surface area contributed by atoms with E-state index in [1.54, 1.807) is 0 Å². The van der Waals surface area contributed by atoms with E-state index in [0.717, 1.165) is 6.54 Å². The van der Waals surface area contributed by atoms with E-state index in [4.69, 9.17) is 0 Å². The zero-order valence-electron chi connectivity index (χ0n) is 20.6. The van der Waals surface area contributed by atoms with Gasteiger partial charge < -0.3 is 9.80 Å². The van der Waals surface area contributed by atoms with Crippen molar-refractivity contribution >= 4 is 28.2 Å². The maximum Gasteiger partial charge on any atom is 0.207 e. The van der Waals surface area contributed by atoms with E-state index < -0.39 is 0 Å². The fourth-order valence-electron chi connectivity index (χ4n) is 4.33. The average molecular weight is 437 g/mol. The normalized spacial score (nSPS) is 14.1. The van der Waals surface area contributed by atoms with Gasteiger partial charge in [0.15, 0.2) is 0 Å². The Labute approximate surface area is 198 Å². The van der Waals surface area contributed by atoms with Crippen molar-refractivity contribution in [1.29, 1.82) is 0 Å². The van der Waals surface area contributed by atoms with E-state index in [9.17, 15) is 0 Å². The average Bonchev–Trinajstić information content (AvgIpc) is 2.84. The van der Waals surface area contributed by atoms with E-state index in [-0.39, 0.29) is 0 Å². The van der Waals surface area contributed by atoms with Crippen molar-refractivity contribution in [1.82, 2.24) is 0 Å². The Balaban J connectivity index is 1.98. The van der Waals surface area contributed by atoms with Gasteiger partial charge in [-0.1, -0.05) is 42.5 Å². The molecule has 1 aliphatic carbocycles. The lowest BCUT2D eigenvalue weighted by atomic mass is 9.83. The number of fused-ring (bicyclic) bond motifs is 1. The molecule has 0 unspecified atom stereocenters. The van der Waals surface area contributed by atoms with Gasteiger partial charge in [0.05, 0.1) is 5.56 Å². The van der Waals surface area contributed by atoms with Gasteiger partial charge in [-0.2, -0.15) is 0 Å². The Morgan fingerprint density at radius 3 is 1.61 bits per heavy atom. The molecule has 4 rings (SSSR count). The monoisotopic (exact) mass is 436 g/mol. The van der Waals surface area contributed by atoms with Crippen LogP contribution in [0.4, 0.5) is 11.4 Å². The molecule has 3 heteroatoms. The van der Waals surface area contributed by atoms with Crippen LogP contribution in [0.25, 0.3) is 11.1 Å². The zero-order chi connectivity index (χ0) is 23.5. The summed E-state index contributed by atoms with van der Waals surface area (Å²) in [5.41, 5.74) is 11.2. The maximum absolute atomic E-state index is 2.31. The largest absolute Gasteiger partial charge is 0.378 e. The first-order valence-corrected chi connectivity index (χ1v) is 11.6. The second-order valence-corrected chi connectivity index (χ2v) is 8.95. The van der Waals surface area contributed by atoms with Crippen LogP contribution in [-0.2, 0) is 0 Å². The van der Waals surface area contributed by atoms with Crippen molar-refractivity contribution in [2.24, 2.45) is 0 Å². The summed E-state index contributed by atoms with van der Waals surface area (Å²) in [6.45, 7) is 3.16. The Kier molecular flexibility index (Phi) is 6.50. The minimum Gasteiger partial charge on any atom is -0.378 e. The molecule has 0 spiro atoms. The first-order chi connectivity index (χ1) is 15.9. The minimum absolute atomic E-state index is 0.970.